The number of imidazole rings is 1. The number of carbonyl (C=O) groups is 2. The van der Waals surface area contributed by atoms with Gasteiger partial charge >= 0.3 is 5.97 Å². The largest absolute Gasteiger partial charge is 0.454 e. The smallest absolute Gasteiger partial charge is 0.338 e. The Balaban J connectivity index is 1.29. The summed E-state index contributed by atoms with van der Waals surface area (Å²) >= 11 is 0. The van der Waals surface area contributed by atoms with Gasteiger partial charge in [0.2, 0.25) is 6.79 Å². The molecule has 0 radical (unpaired) electrons. The molecule has 0 aliphatic carbocycles. The summed E-state index contributed by atoms with van der Waals surface area (Å²) in [6, 6.07) is 18.2. The van der Waals surface area contributed by atoms with E-state index in [1.165, 1.54) is 0 Å². The summed E-state index contributed by atoms with van der Waals surface area (Å²) in [6.45, 7) is 3.96. The highest BCUT2D eigenvalue weighted by Crippen LogP contribution is 2.34. The quantitative estimate of drug-likeness (QED) is 0.402. The van der Waals surface area contributed by atoms with Crippen LogP contribution in [0, 0.1) is 6.92 Å². The van der Waals surface area contributed by atoms with E-state index >= 15 is 0 Å². The van der Waals surface area contributed by atoms with Crippen molar-refractivity contribution in [1.29, 1.82) is 0 Å². The van der Waals surface area contributed by atoms with E-state index in [1.807, 2.05) is 31.2 Å². The summed E-state index contributed by atoms with van der Waals surface area (Å²) in [7, 11) is 0. The second-order valence-electron chi connectivity index (χ2n) is 8.04. The number of hydrogen-bond acceptors (Lipinski definition) is 6. The Kier molecular flexibility index (Phi) is 5.63. The van der Waals surface area contributed by atoms with Gasteiger partial charge in [0.1, 0.15) is 5.82 Å². The second kappa shape index (κ2) is 8.90. The molecule has 4 aromatic rings. The molecule has 2 N–H and O–H groups in total. The van der Waals surface area contributed by atoms with Crippen molar-refractivity contribution in [1.82, 2.24) is 9.97 Å². The molecule has 172 valence electrons. The fraction of sp³-hybridized carbons (Fsp3) is 0.192. The van der Waals surface area contributed by atoms with Gasteiger partial charge in [-0.2, -0.15) is 0 Å². The molecule has 3 aromatic carbocycles. The first-order valence-electron chi connectivity index (χ1n) is 11.0. The summed E-state index contributed by atoms with van der Waals surface area (Å²) in [6.07, 6.45) is -0.620. The van der Waals surface area contributed by atoms with Gasteiger partial charge in [-0.25, -0.2) is 9.78 Å². The van der Waals surface area contributed by atoms with Gasteiger partial charge in [-0.05, 0) is 43.7 Å². The van der Waals surface area contributed by atoms with Crippen LogP contribution in [0.15, 0.2) is 60.7 Å². The van der Waals surface area contributed by atoms with E-state index in [2.05, 4.69) is 15.3 Å². The van der Waals surface area contributed by atoms with Crippen LogP contribution in [0.4, 0.5) is 5.69 Å². The number of anilines is 1. The van der Waals surface area contributed by atoms with Crippen molar-refractivity contribution in [2.24, 2.45) is 0 Å². The lowest BCUT2D eigenvalue weighted by Crippen LogP contribution is -2.32. The number of ether oxygens (including phenoxy) is 3. The molecule has 1 unspecified atom stereocenters. The molecule has 1 aliphatic heterocycles. The predicted octanol–water partition coefficient (Wildman–Crippen LogP) is 4.84. The molecule has 0 fully saturated rings. The highest BCUT2D eigenvalue weighted by atomic mass is 16.7. The van der Waals surface area contributed by atoms with Gasteiger partial charge in [-0.3, -0.25) is 4.79 Å². The maximum Gasteiger partial charge on any atom is 0.338 e. The fourth-order valence-electron chi connectivity index (χ4n) is 3.70. The Morgan fingerprint density at radius 3 is 2.65 bits per heavy atom. The number of carbonyl (C=O) groups excluding carboxylic acids is 2. The number of amides is 1. The number of aromatic amines is 1. The minimum atomic E-state index is -0.946. The summed E-state index contributed by atoms with van der Waals surface area (Å²) in [5.74, 6) is 0.895. The van der Waals surface area contributed by atoms with Gasteiger partial charge in [0.25, 0.3) is 5.91 Å². The maximum absolute atomic E-state index is 12.8. The molecule has 0 bridgehead atoms. The average Bonchev–Trinajstić information content (AvgIpc) is 3.48. The van der Waals surface area contributed by atoms with Crippen LogP contribution in [-0.4, -0.2) is 34.7 Å². The normalized spacial score (nSPS) is 13.0. The number of H-pyrrole nitrogens is 1. The van der Waals surface area contributed by atoms with Crippen LogP contribution in [0.1, 0.15) is 29.3 Å². The summed E-state index contributed by atoms with van der Waals surface area (Å²) in [5.41, 5.74) is 4.44. The molecule has 8 nitrogen and oxygen atoms in total. The van der Waals surface area contributed by atoms with Crippen molar-refractivity contribution in [2.75, 3.05) is 12.1 Å². The minimum absolute atomic E-state index is 0.148. The van der Waals surface area contributed by atoms with Crippen LogP contribution in [0.25, 0.3) is 22.4 Å². The lowest BCUT2D eigenvalue weighted by molar-refractivity contribution is -0.124. The first-order chi connectivity index (χ1) is 16.5. The van der Waals surface area contributed by atoms with Crippen LogP contribution in [0.3, 0.4) is 0 Å². The third kappa shape index (κ3) is 4.30. The Hall–Kier alpha value is -4.33. The third-order valence-corrected chi connectivity index (χ3v) is 5.60. The molecule has 34 heavy (non-hydrogen) atoms. The predicted molar refractivity (Wildman–Crippen MR) is 127 cm³/mol. The molecule has 0 spiro atoms. The molecule has 1 aliphatic rings. The molecule has 8 heteroatoms. The van der Waals surface area contributed by atoms with Crippen molar-refractivity contribution in [3.05, 3.63) is 71.8 Å². The highest BCUT2D eigenvalue weighted by molar-refractivity contribution is 5.99. The Bertz CT molecular complexity index is 1380. The first kappa shape index (κ1) is 21.5. The van der Waals surface area contributed by atoms with Gasteiger partial charge in [-0.15, -0.1) is 0 Å². The first-order valence-corrected chi connectivity index (χ1v) is 11.0. The summed E-state index contributed by atoms with van der Waals surface area (Å²) < 4.78 is 16.1. The fourth-order valence-corrected chi connectivity index (χ4v) is 3.70. The van der Waals surface area contributed by atoms with Crippen LogP contribution < -0.4 is 14.8 Å². The van der Waals surface area contributed by atoms with Gasteiger partial charge in [0.15, 0.2) is 17.6 Å². The Morgan fingerprint density at radius 2 is 1.85 bits per heavy atom. The standard InChI is InChI=1S/C26H23N3O5/c1-3-21(25(30)27-18-9-11-22-23(13-18)33-14-32-22)34-26(31)17-8-10-19-20(12-17)29-24(28-19)16-6-4-15(2)5-7-16/h4-13,21H,3,14H2,1-2H3,(H,27,30)(H,28,29). The molecule has 1 aromatic heterocycles. The minimum Gasteiger partial charge on any atom is -0.454 e. The van der Waals surface area contributed by atoms with E-state index < -0.39 is 18.0 Å². The zero-order valence-corrected chi connectivity index (χ0v) is 18.8. The lowest BCUT2D eigenvalue weighted by Gasteiger charge is -2.16. The highest BCUT2D eigenvalue weighted by Gasteiger charge is 2.23. The number of rotatable bonds is 6. The molecule has 0 saturated heterocycles. The van der Waals surface area contributed by atoms with Crippen LogP contribution >= 0.6 is 0 Å². The number of hydrogen-bond donors (Lipinski definition) is 2. The number of fused-ring (bicyclic) bond motifs is 2. The topological polar surface area (TPSA) is 103 Å². The SMILES string of the molecule is CCC(OC(=O)c1ccc2nc(-c3ccc(C)cc3)[nH]c2c1)C(=O)Nc1ccc2c(c1)OCO2. The van der Waals surface area contributed by atoms with E-state index in [1.54, 1.807) is 43.3 Å². The molecular formula is C26H23N3O5. The van der Waals surface area contributed by atoms with Gasteiger partial charge in [0.05, 0.1) is 16.6 Å². The summed E-state index contributed by atoms with van der Waals surface area (Å²) in [4.78, 5) is 33.4. The van der Waals surface area contributed by atoms with Crippen molar-refractivity contribution >= 4 is 28.6 Å². The van der Waals surface area contributed by atoms with E-state index in [9.17, 15) is 9.59 Å². The molecular weight excluding hydrogens is 434 g/mol. The van der Waals surface area contributed by atoms with E-state index in [0.29, 0.717) is 34.7 Å². The van der Waals surface area contributed by atoms with Gasteiger partial charge in [-0.1, -0.05) is 36.8 Å². The van der Waals surface area contributed by atoms with Crippen molar-refractivity contribution in [3.63, 3.8) is 0 Å². The van der Waals surface area contributed by atoms with Crippen molar-refractivity contribution in [3.8, 4) is 22.9 Å². The van der Waals surface area contributed by atoms with E-state index in [0.717, 1.165) is 22.5 Å². The van der Waals surface area contributed by atoms with Crippen molar-refractivity contribution < 1.29 is 23.8 Å². The number of aromatic nitrogens is 2. The number of benzene rings is 3. The number of nitrogens with one attached hydrogen (secondary N) is 2. The second-order valence-corrected chi connectivity index (χ2v) is 8.04. The van der Waals surface area contributed by atoms with Crippen LogP contribution in [0.5, 0.6) is 11.5 Å². The van der Waals surface area contributed by atoms with Crippen molar-refractivity contribution in [2.45, 2.75) is 26.4 Å². The number of esters is 1. The summed E-state index contributed by atoms with van der Waals surface area (Å²) in [5, 5.41) is 2.77. The third-order valence-electron chi connectivity index (χ3n) is 5.60. The van der Waals surface area contributed by atoms with Crippen LogP contribution in [-0.2, 0) is 9.53 Å². The Labute approximate surface area is 195 Å². The molecule has 1 amide bonds. The molecule has 2 heterocycles. The van der Waals surface area contributed by atoms with Gasteiger partial charge < -0.3 is 24.5 Å². The zero-order chi connectivity index (χ0) is 23.7. The van der Waals surface area contributed by atoms with E-state index in [4.69, 9.17) is 14.2 Å². The molecule has 1 atom stereocenters. The molecule has 5 rings (SSSR count). The maximum atomic E-state index is 12.8. The monoisotopic (exact) mass is 457 g/mol. The molecule has 0 saturated carbocycles. The van der Waals surface area contributed by atoms with Crippen LogP contribution in [0.2, 0.25) is 0 Å². The number of aryl methyl sites for hydroxylation is 1. The van der Waals surface area contributed by atoms with E-state index in [-0.39, 0.29) is 6.79 Å². The van der Waals surface area contributed by atoms with Gasteiger partial charge in [0, 0.05) is 17.3 Å². The zero-order valence-electron chi connectivity index (χ0n) is 18.8. The Morgan fingerprint density at radius 1 is 1.06 bits per heavy atom. The average molecular weight is 457 g/mol. The lowest BCUT2D eigenvalue weighted by atomic mass is 10.1. The number of nitrogens with zero attached hydrogens (tertiary/aromatic N) is 1.